The molecule has 1 atom stereocenters. The molecule has 0 unspecified atom stereocenters. The van der Waals surface area contributed by atoms with Gasteiger partial charge < -0.3 is 20.5 Å². The average molecular weight is 432 g/mol. The first-order valence-electron chi connectivity index (χ1n) is 9.64. The van der Waals surface area contributed by atoms with Crippen LogP contribution in [-0.2, 0) is 6.54 Å². The van der Waals surface area contributed by atoms with E-state index in [0.29, 0.717) is 23.6 Å². The second kappa shape index (κ2) is 9.65. The molecule has 1 heterocycles. The molecule has 3 N–H and O–H groups in total. The fourth-order valence-electron chi connectivity index (χ4n) is 2.88. The van der Waals surface area contributed by atoms with Crippen LogP contribution in [-0.4, -0.2) is 34.1 Å². The van der Waals surface area contributed by atoms with Gasteiger partial charge in [-0.2, -0.15) is 4.98 Å². The van der Waals surface area contributed by atoms with Gasteiger partial charge in [-0.15, -0.1) is 13.2 Å². The molecular weight excluding hydrogens is 409 g/mol. The lowest BCUT2D eigenvalue weighted by Crippen LogP contribution is -2.21. The van der Waals surface area contributed by atoms with Crippen molar-refractivity contribution in [2.45, 2.75) is 32.8 Å². The van der Waals surface area contributed by atoms with Gasteiger partial charge in [0.25, 0.3) is 0 Å². The molecule has 0 radical (unpaired) electrons. The number of ether oxygens (including phenoxy) is 1. The van der Waals surface area contributed by atoms with Crippen molar-refractivity contribution in [3.8, 4) is 17.0 Å². The Morgan fingerprint density at radius 2 is 1.84 bits per heavy atom. The Morgan fingerprint density at radius 1 is 1.06 bits per heavy atom. The van der Waals surface area contributed by atoms with E-state index < -0.39 is 6.36 Å². The molecular formula is C22H23F3N4O2. The minimum atomic E-state index is -4.78. The quantitative estimate of drug-likeness (QED) is 0.477. The molecule has 164 valence electrons. The van der Waals surface area contributed by atoms with Gasteiger partial charge in [0, 0.05) is 24.2 Å². The van der Waals surface area contributed by atoms with Crippen LogP contribution in [0.4, 0.5) is 24.9 Å². The molecule has 6 nitrogen and oxygen atoms in total. The van der Waals surface area contributed by atoms with Crippen molar-refractivity contribution < 1.29 is 23.0 Å². The summed E-state index contributed by atoms with van der Waals surface area (Å²) in [4.78, 5) is 8.80. The summed E-state index contributed by atoms with van der Waals surface area (Å²) in [6, 6.07) is 14.9. The Balaban J connectivity index is 1.90. The number of hydrogen-bond acceptors (Lipinski definition) is 6. The lowest BCUT2D eigenvalue weighted by molar-refractivity contribution is -0.274. The van der Waals surface area contributed by atoms with E-state index in [9.17, 15) is 18.3 Å². The van der Waals surface area contributed by atoms with E-state index in [1.807, 2.05) is 31.2 Å². The van der Waals surface area contributed by atoms with Crippen LogP contribution in [0.1, 0.15) is 18.1 Å². The van der Waals surface area contributed by atoms with Crippen molar-refractivity contribution in [3.05, 3.63) is 65.7 Å². The SMILES string of the molecule is Cc1cccc(CNc2cc(-c3cccc(OC(F)(F)F)c3)nc(N[C@@H](C)CO)n2)c1. The number of halogens is 3. The van der Waals surface area contributed by atoms with Gasteiger partial charge in [-0.1, -0.05) is 42.0 Å². The van der Waals surface area contributed by atoms with E-state index in [1.165, 1.54) is 18.2 Å². The summed E-state index contributed by atoms with van der Waals surface area (Å²) >= 11 is 0. The number of hydrogen-bond donors (Lipinski definition) is 3. The zero-order valence-electron chi connectivity index (χ0n) is 17.1. The second-order valence-electron chi connectivity index (χ2n) is 7.11. The van der Waals surface area contributed by atoms with Crippen LogP contribution >= 0.6 is 0 Å². The van der Waals surface area contributed by atoms with Gasteiger partial charge in [-0.05, 0) is 31.5 Å². The molecule has 0 amide bonds. The molecule has 0 aliphatic carbocycles. The second-order valence-corrected chi connectivity index (χ2v) is 7.11. The van der Waals surface area contributed by atoms with Crippen LogP contribution in [0.3, 0.4) is 0 Å². The maximum absolute atomic E-state index is 12.6. The number of rotatable bonds is 8. The minimum absolute atomic E-state index is 0.130. The number of aliphatic hydroxyl groups excluding tert-OH is 1. The third-order valence-electron chi connectivity index (χ3n) is 4.30. The first-order valence-corrected chi connectivity index (χ1v) is 9.64. The predicted octanol–water partition coefficient (Wildman–Crippen LogP) is 4.76. The first-order chi connectivity index (χ1) is 14.7. The van der Waals surface area contributed by atoms with Crippen molar-refractivity contribution >= 4 is 11.8 Å². The number of alkyl halides is 3. The van der Waals surface area contributed by atoms with Gasteiger partial charge in [-0.25, -0.2) is 4.98 Å². The monoisotopic (exact) mass is 432 g/mol. The molecule has 2 aromatic carbocycles. The Bertz CT molecular complexity index is 1030. The Kier molecular flexibility index (Phi) is 6.96. The highest BCUT2D eigenvalue weighted by Crippen LogP contribution is 2.28. The third kappa shape index (κ3) is 6.85. The molecule has 9 heteroatoms. The lowest BCUT2D eigenvalue weighted by Gasteiger charge is -2.15. The first kappa shape index (κ1) is 22.4. The van der Waals surface area contributed by atoms with Gasteiger partial charge in [0.05, 0.1) is 12.3 Å². The molecule has 0 saturated carbocycles. The van der Waals surface area contributed by atoms with E-state index in [2.05, 4.69) is 25.3 Å². The van der Waals surface area contributed by atoms with Crippen LogP contribution in [0.15, 0.2) is 54.6 Å². The molecule has 0 bridgehead atoms. The van der Waals surface area contributed by atoms with E-state index in [1.54, 1.807) is 19.1 Å². The van der Waals surface area contributed by atoms with Crippen LogP contribution < -0.4 is 15.4 Å². The standard InChI is InChI=1S/C22H23F3N4O2/c1-14-5-3-6-16(9-14)12-26-20-11-19(28-21(29-20)27-15(2)13-30)17-7-4-8-18(10-17)31-22(23,24)25/h3-11,15,30H,12-13H2,1-2H3,(H2,26,27,28,29)/t15-/m0/s1. The number of aryl methyl sites for hydroxylation is 1. The summed E-state index contributed by atoms with van der Waals surface area (Å²) in [7, 11) is 0. The molecule has 3 aromatic rings. The van der Waals surface area contributed by atoms with Crippen molar-refractivity contribution in [2.75, 3.05) is 17.2 Å². The van der Waals surface area contributed by atoms with Gasteiger partial charge in [0.15, 0.2) is 0 Å². The van der Waals surface area contributed by atoms with Gasteiger partial charge in [-0.3, -0.25) is 0 Å². The fraction of sp³-hybridized carbons (Fsp3) is 0.273. The van der Waals surface area contributed by atoms with Crippen molar-refractivity contribution in [1.29, 1.82) is 0 Å². The van der Waals surface area contributed by atoms with E-state index in [0.717, 1.165) is 11.1 Å². The summed E-state index contributed by atoms with van der Waals surface area (Å²) < 4.78 is 41.8. The van der Waals surface area contributed by atoms with Gasteiger partial charge >= 0.3 is 6.36 Å². The normalized spacial score (nSPS) is 12.3. The lowest BCUT2D eigenvalue weighted by atomic mass is 10.1. The number of aromatic nitrogens is 2. The third-order valence-corrected chi connectivity index (χ3v) is 4.30. The maximum atomic E-state index is 12.6. The smallest absolute Gasteiger partial charge is 0.406 e. The molecule has 0 spiro atoms. The van der Waals surface area contributed by atoms with Crippen molar-refractivity contribution in [3.63, 3.8) is 0 Å². The molecule has 0 aliphatic heterocycles. The molecule has 31 heavy (non-hydrogen) atoms. The highest BCUT2D eigenvalue weighted by molar-refractivity contribution is 5.66. The van der Waals surface area contributed by atoms with Gasteiger partial charge in [0.2, 0.25) is 5.95 Å². The highest BCUT2D eigenvalue weighted by atomic mass is 19.4. The topological polar surface area (TPSA) is 79.3 Å². The van der Waals surface area contributed by atoms with Crippen molar-refractivity contribution in [1.82, 2.24) is 9.97 Å². The maximum Gasteiger partial charge on any atom is 0.573 e. The predicted molar refractivity (Wildman–Crippen MR) is 113 cm³/mol. The summed E-state index contributed by atoms with van der Waals surface area (Å²) in [5.74, 6) is 0.394. The summed E-state index contributed by atoms with van der Waals surface area (Å²) in [6.07, 6.45) is -4.78. The highest BCUT2D eigenvalue weighted by Gasteiger charge is 2.31. The molecule has 0 saturated heterocycles. The van der Waals surface area contributed by atoms with E-state index in [-0.39, 0.29) is 24.3 Å². The Labute approximate surface area is 178 Å². The van der Waals surface area contributed by atoms with Crippen molar-refractivity contribution in [2.24, 2.45) is 0 Å². The summed E-state index contributed by atoms with van der Waals surface area (Å²) in [6.45, 7) is 4.13. The zero-order chi connectivity index (χ0) is 22.4. The number of nitrogens with zero attached hydrogens (tertiary/aromatic N) is 2. The van der Waals surface area contributed by atoms with E-state index >= 15 is 0 Å². The number of anilines is 2. The number of aliphatic hydroxyl groups is 1. The Hall–Kier alpha value is -3.33. The van der Waals surface area contributed by atoms with Crippen LogP contribution in [0.25, 0.3) is 11.3 Å². The van der Waals surface area contributed by atoms with Crippen LogP contribution in [0.2, 0.25) is 0 Å². The fourth-order valence-corrected chi connectivity index (χ4v) is 2.88. The molecule has 0 aliphatic rings. The molecule has 1 aromatic heterocycles. The summed E-state index contributed by atoms with van der Waals surface area (Å²) in [5, 5.41) is 15.5. The minimum Gasteiger partial charge on any atom is -0.406 e. The van der Waals surface area contributed by atoms with Gasteiger partial charge in [0.1, 0.15) is 11.6 Å². The average Bonchev–Trinajstić information content (AvgIpc) is 2.71. The van der Waals surface area contributed by atoms with E-state index in [4.69, 9.17) is 0 Å². The molecule has 3 rings (SSSR count). The molecule has 0 fully saturated rings. The number of nitrogens with one attached hydrogen (secondary N) is 2. The summed E-state index contributed by atoms with van der Waals surface area (Å²) in [5.41, 5.74) is 3.02. The zero-order valence-corrected chi connectivity index (χ0v) is 17.1. The largest absolute Gasteiger partial charge is 0.573 e. The van der Waals surface area contributed by atoms with Crippen LogP contribution in [0, 0.1) is 6.92 Å². The van der Waals surface area contributed by atoms with Crippen LogP contribution in [0.5, 0.6) is 5.75 Å². The number of benzene rings is 2. The Morgan fingerprint density at radius 3 is 2.55 bits per heavy atom.